The minimum atomic E-state index is -0.136. The van der Waals surface area contributed by atoms with Crippen LogP contribution in [0.3, 0.4) is 0 Å². The van der Waals surface area contributed by atoms with E-state index in [0.717, 1.165) is 22.9 Å². The maximum atomic E-state index is 12.3. The molecule has 2 aromatic rings. The van der Waals surface area contributed by atoms with Crippen molar-refractivity contribution in [1.82, 2.24) is 20.1 Å². The third kappa shape index (κ3) is 3.33. The molecular weight excluding hydrogens is 328 g/mol. The second-order valence-electron chi connectivity index (χ2n) is 6.21. The number of nitrogens with one attached hydrogen (secondary N) is 2. The average molecular weight is 349 g/mol. The molecular formula is C17H21ClN4O2. The molecule has 6 nitrogen and oxygen atoms in total. The maximum Gasteiger partial charge on any atom is 0.317 e. The van der Waals surface area contributed by atoms with Gasteiger partial charge >= 0.3 is 6.03 Å². The highest BCUT2D eigenvalue weighted by Crippen LogP contribution is 2.29. The van der Waals surface area contributed by atoms with E-state index in [4.69, 9.17) is 11.6 Å². The van der Waals surface area contributed by atoms with Gasteiger partial charge in [0.1, 0.15) is 0 Å². The summed E-state index contributed by atoms with van der Waals surface area (Å²) >= 11 is 6.10. The second-order valence-corrected chi connectivity index (χ2v) is 6.65. The first kappa shape index (κ1) is 16.6. The van der Waals surface area contributed by atoms with Gasteiger partial charge in [0.05, 0.1) is 0 Å². The summed E-state index contributed by atoms with van der Waals surface area (Å²) < 4.78 is 0. The van der Waals surface area contributed by atoms with E-state index in [-0.39, 0.29) is 11.9 Å². The van der Waals surface area contributed by atoms with Crippen LogP contribution >= 0.6 is 11.6 Å². The number of rotatable bonds is 3. The topological polar surface area (TPSA) is 68.4 Å². The molecule has 1 aliphatic heterocycles. The van der Waals surface area contributed by atoms with Crippen molar-refractivity contribution in [3.63, 3.8) is 0 Å². The lowest BCUT2D eigenvalue weighted by Gasteiger charge is -2.27. The Morgan fingerprint density at radius 2 is 2.17 bits per heavy atom. The molecule has 1 aromatic heterocycles. The highest BCUT2D eigenvalue weighted by atomic mass is 35.5. The summed E-state index contributed by atoms with van der Waals surface area (Å²) in [6, 6.07) is 5.62. The first-order valence-electron chi connectivity index (χ1n) is 7.97. The smallest absolute Gasteiger partial charge is 0.317 e. The number of nitrogens with zero attached hydrogens (tertiary/aromatic N) is 2. The molecule has 1 aromatic carbocycles. The lowest BCUT2D eigenvalue weighted by atomic mass is 10.0. The molecule has 0 radical (unpaired) electrons. The van der Waals surface area contributed by atoms with E-state index in [1.807, 2.05) is 18.2 Å². The summed E-state index contributed by atoms with van der Waals surface area (Å²) in [6.45, 7) is 1.54. The minimum Gasteiger partial charge on any atom is -0.358 e. The van der Waals surface area contributed by atoms with E-state index in [2.05, 4.69) is 10.3 Å². The molecule has 0 aliphatic carbocycles. The zero-order chi connectivity index (χ0) is 17.3. The van der Waals surface area contributed by atoms with E-state index in [9.17, 15) is 9.59 Å². The van der Waals surface area contributed by atoms with Crippen LogP contribution in [-0.4, -0.2) is 53.9 Å². The van der Waals surface area contributed by atoms with Gasteiger partial charge in [-0.15, -0.1) is 0 Å². The van der Waals surface area contributed by atoms with Gasteiger partial charge in [-0.2, -0.15) is 0 Å². The molecule has 128 valence electrons. The lowest BCUT2D eigenvalue weighted by Crippen LogP contribution is -2.43. The minimum absolute atomic E-state index is 0.00232. The molecule has 7 heteroatoms. The zero-order valence-corrected chi connectivity index (χ0v) is 14.6. The Labute approximate surface area is 145 Å². The van der Waals surface area contributed by atoms with Gasteiger partial charge in [-0.3, -0.25) is 4.79 Å². The number of carbonyl (C=O) groups is 2. The maximum absolute atomic E-state index is 12.3. The van der Waals surface area contributed by atoms with Crippen LogP contribution in [0.4, 0.5) is 4.79 Å². The molecule has 0 atom stereocenters. The van der Waals surface area contributed by atoms with Crippen molar-refractivity contribution in [3.05, 3.63) is 34.5 Å². The van der Waals surface area contributed by atoms with Crippen molar-refractivity contribution in [2.75, 3.05) is 27.2 Å². The number of benzene rings is 1. The van der Waals surface area contributed by atoms with Gasteiger partial charge in [0.2, 0.25) is 5.91 Å². The molecule has 3 amide bonds. The van der Waals surface area contributed by atoms with Crippen LogP contribution in [0.1, 0.15) is 17.7 Å². The van der Waals surface area contributed by atoms with E-state index < -0.39 is 0 Å². The Morgan fingerprint density at radius 1 is 1.38 bits per heavy atom. The molecule has 2 heterocycles. The molecule has 3 rings (SSSR count). The van der Waals surface area contributed by atoms with E-state index in [1.54, 1.807) is 19.0 Å². The zero-order valence-electron chi connectivity index (χ0n) is 13.9. The average Bonchev–Trinajstić information content (AvgIpc) is 2.91. The lowest BCUT2D eigenvalue weighted by molar-refractivity contribution is -0.128. The van der Waals surface area contributed by atoms with Gasteiger partial charge in [-0.1, -0.05) is 11.6 Å². The number of carbonyl (C=O) groups excluding carboxylic acids is 2. The van der Waals surface area contributed by atoms with Crippen molar-refractivity contribution in [3.8, 4) is 0 Å². The number of hydrogen-bond acceptors (Lipinski definition) is 2. The molecule has 0 saturated heterocycles. The molecule has 1 aliphatic rings. The van der Waals surface area contributed by atoms with Crippen LogP contribution in [0.15, 0.2) is 18.2 Å². The highest BCUT2D eigenvalue weighted by molar-refractivity contribution is 6.31. The van der Waals surface area contributed by atoms with E-state index >= 15 is 0 Å². The number of halogens is 1. The Hall–Kier alpha value is -2.21. The molecule has 24 heavy (non-hydrogen) atoms. The summed E-state index contributed by atoms with van der Waals surface area (Å²) in [6.07, 6.45) is 1.09. The second kappa shape index (κ2) is 6.73. The Kier molecular flexibility index (Phi) is 4.66. The van der Waals surface area contributed by atoms with Crippen LogP contribution in [0.2, 0.25) is 5.02 Å². The number of aromatic nitrogens is 1. The fourth-order valence-electron chi connectivity index (χ4n) is 2.97. The van der Waals surface area contributed by atoms with Crippen LogP contribution in [0.5, 0.6) is 0 Å². The summed E-state index contributed by atoms with van der Waals surface area (Å²) in [5, 5.41) is 4.58. The molecule has 0 bridgehead atoms. The Bertz CT molecular complexity index is 784. The monoisotopic (exact) mass is 348 g/mol. The predicted octanol–water partition coefficient (Wildman–Crippen LogP) is 2.37. The molecule has 2 N–H and O–H groups in total. The number of aromatic amines is 1. The van der Waals surface area contributed by atoms with Crippen molar-refractivity contribution in [1.29, 1.82) is 0 Å². The van der Waals surface area contributed by atoms with Crippen molar-refractivity contribution < 1.29 is 9.59 Å². The third-order valence-corrected chi connectivity index (χ3v) is 4.57. The highest BCUT2D eigenvalue weighted by Gasteiger charge is 2.24. The summed E-state index contributed by atoms with van der Waals surface area (Å²) in [5.41, 5.74) is 3.33. The van der Waals surface area contributed by atoms with Gasteiger partial charge in [-0.05, 0) is 18.2 Å². The third-order valence-electron chi connectivity index (χ3n) is 4.34. The standard InChI is InChI=1S/C17H21ClN4O2/c1-21(2)16(23)5-7-19-17(24)22-8-6-15-13(10-22)12-9-11(18)3-4-14(12)20-15/h3-4,9,20H,5-8,10H2,1-2H3,(H,19,24). The predicted molar refractivity (Wildman–Crippen MR) is 94.1 cm³/mol. The van der Waals surface area contributed by atoms with Gasteiger partial charge < -0.3 is 20.1 Å². The van der Waals surface area contributed by atoms with Gasteiger partial charge in [0.15, 0.2) is 0 Å². The fraction of sp³-hybridized carbons (Fsp3) is 0.412. The van der Waals surface area contributed by atoms with Crippen LogP contribution in [0, 0.1) is 0 Å². The quantitative estimate of drug-likeness (QED) is 0.894. The fourth-order valence-corrected chi connectivity index (χ4v) is 3.14. The summed E-state index contributed by atoms with van der Waals surface area (Å²) in [7, 11) is 3.41. The van der Waals surface area contributed by atoms with Crippen molar-refractivity contribution >= 4 is 34.4 Å². The summed E-state index contributed by atoms with van der Waals surface area (Å²) in [5.74, 6) is 0.00232. The van der Waals surface area contributed by atoms with Crippen molar-refractivity contribution in [2.24, 2.45) is 0 Å². The molecule has 0 saturated carbocycles. The van der Waals surface area contributed by atoms with E-state index in [0.29, 0.717) is 31.1 Å². The number of amides is 3. The first-order valence-corrected chi connectivity index (χ1v) is 8.35. The molecule has 0 unspecified atom stereocenters. The largest absolute Gasteiger partial charge is 0.358 e. The SMILES string of the molecule is CN(C)C(=O)CCNC(=O)N1CCc2[nH]c3ccc(Cl)cc3c2C1. The van der Waals surface area contributed by atoms with Crippen LogP contribution in [-0.2, 0) is 17.8 Å². The number of hydrogen-bond donors (Lipinski definition) is 2. The van der Waals surface area contributed by atoms with Gasteiger partial charge in [0, 0.05) is 73.8 Å². The number of H-pyrrole nitrogens is 1. The van der Waals surface area contributed by atoms with Crippen LogP contribution < -0.4 is 5.32 Å². The van der Waals surface area contributed by atoms with Gasteiger partial charge in [0.25, 0.3) is 0 Å². The van der Waals surface area contributed by atoms with Crippen molar-refractivity contribution in [2.45, 2.75) is 19.4 Å². The number of fused-ring (bicyclic) bond motifs is 3. The number of urea groups is 1. The van der Waals surface area contributed by atoms with Crippen LogP contribution in [0.25, 0.3) is 10.9 Å². The summed E-state index contributed by atoms with van der Waals surface area (Å²) in [4.78, 5) is 30.6. The molecule has 0 spiro atoms. The first-order chi connectivity index (χ1) is 11.5. The normalized spacial score (nSPS) is 13.7. The molecule has 0 fully saturated rings. The Morgan fingerprint density at radius 3 is 2.92 bits per heavy atom. The Balaban J connectivity index is 1.66. The van der Waals surface area contributed by atoms with E-state index in [1.165, 1.54) is 10.6 Å². The van der Waals surface area contributed by atoms with Gasteiger partial charge in [-0.25, -0.2) is 4.79 Å².